The molecule has 0 amide bonds. The standard InChI is InChI=1S/C16H20N2O4/c1-4-6-10-9(2)14(17-18(3)16(10)22)15(21)13-11(19)7-5-8-12(13)20/h19H,4-8H2,1-3H3. The molecule has 0 spiro atoms. The summed E-state index contributed by atoms with van der Waals surface area (Å²) in [5.41, 5.74) is 0.690. The van der Waals surface area contributed by atoms with Gasteiger partial charge in [0.05, 0.1) is 0 Å². The molecule has 6 heteroatoms. The van der Waals surface area contributed by atoms with Crippen molar-refractivity contribution in [3.05, 3.63) is 38.5 Å². The van der Waals surface area contributed by atoms with Gasteiger partial charge in [-0.15, -0.1) is 0 Å². The topological polar surface area (TPSA) is 89.3 Å². The van der Waals surface area contributed by atoms with Crippen LogP contribution >= 0.6 is 0 Å². The van der Waals surface area contributed by atoms with Crippen molar-refractivity contribution in [3.8, 4) is 0 Å². The van der Waals surface area contributed by atoms with E-state index >= 15 is 0 Å². The summed E-state index contributed by atoms with van der Waals surface area (Å²) in [6, 6.07) is 0. The van der Waals surface area contributed by atoms with E-state index in [1.54, 1.807) is 6.92 Å². The third-order valence-corrected chi connectivity index (χ3v) is 3.94. The maximum absolute atomic E-state index is 12.6. The van der Waals surface area contributed by atoms with Crippen LogP contribution in [0, 0.1) is 6.92 Å². The van der Waals surface area contributed by atoms with E-state index in [-0.39, 0.29) is 34.8 Å². The number of aromatic nitrogens is 2. The van der Waals surface area contributed by atoms with Crippen LogP contribution in [0.1, 0.15) is 54.2 Å². The number of nitrogens with zero attached hydrogens (tertiary/aromatic N) is 2. The Balaban J connectivity index is 2.60. The number of carbonyl (C=O) groups excluding carboxylic acids is 2. The Labute approximate surface area is 128 Å². The molecule has 118 valence electrons. The highest BCUT2D eigenvalue weighted by Crippen LogP contribution is 2.24. The number of rotatable bonds is 4. The minimum Gasteiger partial charge on any atom is -0.511 e. The Bertz CT molecular complexity index is 728. The van der Waals surface area contributed by atoms with E-state index in [0.717, 1.165) is 11.1 Å². The molecule has 0 bridgehead atoms. The Kier molecular flexibility index (Phi) is 4.59. The number of ketones is 2. The van der Waals surface area contributed by atoms with Crippen LogP contribution in [-0.2, 0) is 18.3 Å². The average Bonchev–Trinajstić information content (AvgIpc) is 2.47. The molecule has 2 rings (SSSR count). The maximum Gasteiger partial charge on any atom is 0.269 e. The number of hydrogen-bond acceptors (Lipinski definition) is 5. The number of aliphatic hydroxyl groups is 1. The van der Waals surface area contributed by atoms with Crippen molar-refractivity contribution in [2.24, 2.45) is 7.05 Å². The Morgan fingerprint density at radius 2 is 2.00 bits per heavy atom. The minimum absolute atomic E-state index is 0.0716. The Morgan fingerprint density at radius 1 is 1.32 bits per heavy atom. The first kappa shape index (κ1) is 16.1. The van der Waals surface area contributed by atoms with Gasteiger partial charge >= 0.3 is 0 Å². The van der Waals surface area contributed by atoms with E-state index in [2.05, 4.69) is 5.10 Å². The van der Waals surface area contributed by atoms with E-state index in [9.17, 15) is 19.5 Å². The quantitative estimate of drug-likeness (QED) is 0.676. The van der Waals surface area contributed by atoms with E-state index in [4.69, 9.17) is 0 Å². The van der Waals surface area contributed by atoms with E-state index in [1.165, 1.54) is 7.05 Å². The van der Waals surface area contributed by atoms with Crippen LogP contribution in [0.5, 0.6) is 0 Å². The summed E-state index contributed by atoms with van der Waals surface area (Å²) < 4.78 is 1.12. The summed E-state index contributed by atoms with van der Waals surface area (Å²) in [6.45, 7) is 3.61. The first-order valence-corrected chi connectivity index (χ1v) is 7.45. The van der Waals surface area contributed by atoms with Gasteiger partial charge < -0.3 is 5.11 Å². The molecule has 0 atom stereocenters. The third kappa shape index (κ3) is 2.73. The second-order valence-electron chi connectivity index (χ2n) is 5.56. The normalized spacial score (nSPS) is 15.3. The van der Waals surface area contributed by atoms with Crippen molar-refractivity contribution in [1.29, 1.82) is 0 Å². The summed E-state index contributed by atoms with van der Waals surface area (Å²) in [5, 5.41) is 13.9. The number of hydrogen-bond donors (Lipinski definition) is 1. The molecule has 1 aliphatic rings. The molecular formula is C16H20N2O4. The second-order valence-corrected chi connectivity index (χ2v) is 5.56. The summed E-state index contributed by atoms with van der Waals surface area (Å²) in [6.07, 6.45) is 2.42. The molecule has 0 aromatic carbocycles. The fraction of sp³-hybridized carbons (Fsp3) is 0.500. The molecule has 0 saturated carbocycles. The number of aliphatic hydroxyl groups excluding tert-OH is 1. The number of allylic oxidation sites excluding steroid dienone is 2. The highest BCUT2D eigenvalue weighted by atomic mass is 16.3. The minimum atomic E-state index is -0.590. The van der Waals surface area contributed by atoms with Gasteiger partial charge in [0.2, 0.25) is 5.78 Å². The van der Waals surface area contributed by atoms with Crippen molar-refractivity contribution < 1.29 is 14.7 Å². The van der Waals surface area contributed by atoms with Gasteiger partial charge in [-0.05, 0) is 25.3 Å². The first-order chi connectivity index (χ1) is 10.4. The van der Waals surface area contributed by atoms with Gasteiger partial charge in [0.25, 0.3) is 5.56 Å². The molecule has 1 N–H and O–H groups in total. The molecule has 0 saturated heterocycles. The monoisotopic (exact) mass is 304 g/mol. The summed E-state index contributed by atoms with van der Waals surface area (Å²) in [7, 11) is 1.48. The zero-order valence-electron chi connectivity index (χ0n) is 13.1. The first-order valence-electron chi connectivity index (χ1n) is 7.45. The molecule has 1 heterocycles. The predicted octanol–water partition coefficient (Wildman–Crippen LogP) is 1.79. The maximum atomic E-state index is 12.6. The molecular weight excluding hydrogens is 284 g/mol. The van der Waals surface area contributed by atoms with Crippen molar-refractivity contribution >= 4 is 11.6 Å². The summed E-state index contributed by atoms with van der Waals surface area (Å²) >= 11 is 0. The zero-order chi connectivity index (χ0) is 16.4. The lowest BCUT2D eigenvalue weighted by Crippen LogP contribution is -2.30. The van der Waals surface area contributed by atoms with Crippen LogP contribution in [0.4, 0.5) is 0 Å². The summed E-state index contributed by atoms with van der Waals surface area (Å²) in [4.78, 5) is 36.7. The van der Waals surface area contributed by atoms with Crippen LogP contribution in [0.2, 0.25) is 0 Å². The molecule has 1 aromatic heterocycles. The second kappa shape index (κ2) is 6.25. The number of aryl methyl sites for hydroxylation is 1. The van der Waals surface area contributed by atoms with Gasteiger partial charge in [0.1, 0.15) is 17.0 Å². The van der Waals surface area contributed by atoms with Gasteiger partial charge in [-0.2, -0.15) is 5.10 Å². The van der Waals surface area contributed by atoms with Gasteiger partial charge in [-0.25, -0.2) is 4.68 Å². The van der Waals surface area contributed by atoms with Crippen molar-refractivity contribution in [2.45, 2.75) is 46.0 Å². The van der Waals surface area contributed by atoms with E-state index in [0.29, 0.717) is 30.4 Å². The molecule has 0 radical (unpaired) electrons. The average molecular weight is 304 g/mol. The van der Waals surface area contributed by atoms with Crippen molar-refractivity contribution in [1.82, 2.24) is 9.78 Å². The van der Waals surface area contributed by atoms with Crippen LogP contribution < -0.4 is 5.56 Å². The lowest BCUT2D eigenvalue weighted by atomic mass is 9.90. The van der Waals surface area contributed by atoms with Crippen LogP contribution in [-0.4, -0.2) is 26.5 Å². The van der Waals surface area contributed by atoms with Crippen molar-refractivity contribution in [2.75, 3.05) is 0 Å². The fourth-order valence-electron chi connectivity index (χ4n) is 2.73. The molecule has 1 aliphatic carbocycles. The van der Waals surface area contributed by atoms with E-state index < -0.39 is 5.78 Å². The highest BCUT2D eigenvalue weighted by Gasteiger charge is 2.30. The Hall–Kier alpha value is -2.24. The molecule has 6 nitrogen and oxygen atoms in total. The highest BCUT2D eigenvalue weighted by molar-refractivity contribution is 6.26. The molecule has 22 heavy (non-hydrogen) atoms. The van der Waals surface area contributed by atoms with Gasteiger partial charge in [0.15, 0.2) is 5.78 Å². The molecule has 0 aliphatic heterocycles. The van der Waals surface area contributed by atoms with Crippen molar-refractivity contribution in [3.63, 3.8) is 0 Å². The van der Waals surface area contributed by atoms with Crippen LogP contribution in [0.25, 0.3) is 0 Å². The van der Waals surface area contributed by atoms with E-state index in [1.807, 2.05) is 6.92 Å². The molecule has 1 aromatic rings. The predicted molar refractivity (Wildman–Crippen MR) is 81.1 cm³/mol. The van der Waals surface area contributed by atoms with Gasteiger partial charge in [-0.3, -0.25) is 14.4 Å². The van der Waals surface area contributed by atoms with Crippen LogP contribution in [0.3, 0.4) is 0 Å². The van der Waals surface area contributed by atoms with Crippen LogP contribution in [0.15, 0.2) is 16.1 Å². The van der Waals surface area contributed by atoms with Gasteiger partial charge in [0, 0.05) is 25.5 Å². The SMILES string of the molecule is CCCc1c(C)c(C(=O)C2=C(O)CCCC2=O)nn(C)c1=O. The molecule has 0 unspecified atom stereocenters. The lowest BCUT2D eigenvalue weighted by molar-refractivity contribution is -0.116. The largest absolute Gasteiger partial charge is 0.511 e. The summed E-state index contributed by atoms with van der Waals surface area (Å²) in [5.74, 6) is -1.12. The number of Topliss-reactive ketones (excluding diaryl/α,β-unsaturated/α-hetero) is 2. The smallest absolute Gasteiger partial charge is 0.269 e. The third-order valence-electron chi connectivity index (χ3n) is 3.94. The number of carbonyl (C=O) groups is 2. The molecule has 0 fully saturated rings. The lowest BCUT2D eigenvalue weighted by Gasteiger charge is -2.16. The fourth-order valence-corrected chi connectivity index (χ4v) is 2.73. The van der Waals surface area contributed by atoms with Gasteiger partial charge in [-0.1, -0.05) is 13.3 Å². The Morgan fingerprint density at radius 3 is 2.59 bits per heavy atom. The zero-order valence-corrected chi connectivity index (χ0v) is 13.1.